The normalized spacial score (nSPS) is 20.4. The molecule has 2 amide bonds. The number of sulfonamides is 1. The quantitative estimate of drug-likeness (QED) is 0.172. The van der Waals surface area contributed by atoms with Gasteiger partial charge in [-0.05, 0) is 61.1 Å². The van der Waals surface area contributed by atoms with E-state index in [2.05, 4.69) is 10.6 Å². The molecule has 16 heteroatoms. The van der Waals surface area contributed by atoms with Crippen molar-refractivity contribution in [1.29, 1.82) is 0 Å². The fourth-order valence-electron chi connectivity index (χ4n) is 6.29. The van der Waals surface area contributed by atoms with Crippen molar-refractivity contribution in [2.45, 2.75) is 62.5 Å². The van der Waals surface area contributed by atoms with Crippen molar-refractivity contribution in [1.82, 2.24) is 14.9 Å². The van der Waals surface area contributed by atoms with Crippen LogP contribution >= 0.6 is 0 Å². The van der Waals surface area contributed by atoms with Gasteiger partial charge in [-0.2, -0.15) is 4.31 Å². The molecule has 6 rings (SSSR count). The van der Waals surface area contributed by atoms with Crippen LogP contribution in [0.2, 0.25) is 0 Å². The van der Waals surface area contributed by atoms with Gasteiger partial charge in [0.1, 0.15) is 18.1 Å². The van der Waals surface area contributed by atoms with Gasteiger partial charge in [-0.1, -0.05) is 26.0 Å². The van der Waals surface area contributed by atoms with Crippen molar-refractivity contribution >= 4 is 22.0 Å². The maximum Gasteiger partial charge on any atom is 0.407 e. The number of nitrogens with zero attached hydrogens (tertiary/aromatic N) is 1. The Balaban J connectivity index is 1.11. The number of aliphatic hydroxyl groups excluding tert-OH is 1. The first kappa shape index (κ1) is 37.4. The Bertz CT molecular complexity index is 1750. The standard InChI is InChI=1S/C36H45N3O12S/c1-23(2)18-39(52(43,44)27-8-9-31-32(17-27)50-22-49-31)19-30(40)29(38-36(42)51-33-21-48-35-28(33)11-15-47-35)16-24-4-6-26(7-5-24)46-13-3-12-37-34(41)25-10-14-45-20-25/h4-10,14,17,20,23,28-30,33,35,40H,3,11-13,15-16,18-19,21-22H2,1-2H3,(H,37,41)(H,38,42). The number of benzene rings is 2. The molecule has 1 aromatic heterocycles. The summed E-state index contributed by atoms with van der Waals surface area (Å²) in [5, 5.41) is 17.3. The van der Waals surface area contributed by atoms with Gasteiger partial charge in [-0.15, -0.1) is 0 Å². The Kier molecular flexibility index (Phi) is 12.2. The zero-order valence-electron chi connectivity index (χ0n) is 29.1. The predicted octanol–water partition coefficient (Wildman–Crippen LogP) is 3.31. The maximum atomic E-state index is 13.9. The SMILES string of the molecule is CC(C)CN(CC(O)C(Cc1ccc(OCCCNC(=O)c2ccoc2)cc1)NC(=O)OC1COC2OCCC12)S(=O)(=O)c1ccc2c(c1)OCO2. The van der Waals surface area contributed by atoms with Crippen LogP contribution in [0.3, 0.4) is 0 Å². The number of hydrogen-bond acceptors (Lipinski definition) is 12. The Morgan fingerprint density at radius 1 is 1.04 bits per heavy atom. The van der Waals surface area contributed by atoms with Gasteiger partial charge in [0.15, 0.2) is 17.8 Å². The molecule has 0 aliphatic carbocycles. The van der Waals surface area contributed by atoms with E-state index in [4.69, 9.17) is 32.8 Å². The molecular weight excluding hydrogens is 698 g/mol. The fourth-order valence-corrected chi connectivity index (χ4v) is 7.93. The number of hydrogen-bond donors (Lipinski definition) is 3. The molecular formula is C36H45N3O12S. The summed E-state index contributed by atoms with van der Waals surface area (Å²) < 4.78 is 67.5. The number of amides is 2. The van der Waals surface area contributed by atoms with E-state index in [1.54, 1.807) is 24.3 Å². The Hall–Kier alpha value is -4.35. The summed E-state index contributed by atoms with van der Waals surface area (Å²) >= 11 is 0. The van der Waals surface area contributed by atoms with Gasteiger partial charge >= 0.3 is 6.09 Å². The van der Waals surface area contributed by atoms with Gasteiger partial charge in [-0.3, -0.25) is 4.79 Å². The first-order valence-corrected chi connectivity index (χ1v) is 18.8. The van der Waals surface area contributed by atoms with Crippen LogP contribution < -0.4 is 24.8 Å². The molecule has 2 aromatic carbocycles. The summed E-state index contributed by atoms with van der Waals surface area (Å²) in [6.45, 7) is 5.07. The first-order chi connectivity index (χ1) is 25.1. The first-order valence-electron chi connectivity index (χ1n) is 17.4. The maximum absolute atomic E-state index is 13.9. The Labute approximate surface area is 302 Å². The molecule has 4 heterocycles. The third-order valence-corrected chi connectivity index (χ3v) is 10.8. The van der Waals surface area contributed by atoms with Crippen LogP contribution in [0, 0.1) is 11.8 Å². The summed E-state index contributed by atoms with van der Waals surface area (Å²) in [6, 6.07) is 12.2. The van der Waals surface area contributed by atoms with Crippen LogP contribution in [0.25, 0.3) is 0 Å². The minimum absolute atomic E-state index is 0.000908. The third-order valence-electron chi connectivity index (χ3n) is 8.99. The molecule has 15 nitrogen and oxygen atoms in total. The summed E-state index contributed by atoms with van der Waals surface area (Å²) in [5.41, 5.74) is 1.21. The largest absolute Gasteiger partial charge is 0.494 e. The molecule has 3 N–H and O–H groups in total. The average Bonchev–Trinajstić information content (AvgIpc) is 3.95. The van der Waals surface area contributed by atoms with Gasteiger partial charge < -0.3 is 48.6 Å². The van der Waals surface area contributed by atoms with Crippen LogP contribution in [0.5, 0.6) is 17.2 Å². The Morgan fingerprint density at radius 3 is 2.62 bits per heavy atom. The molecule has 3 aliphatic rings. The lowest BCUT2D eigenvalue weighted by atomic mass is 10.0. The molecule has 2 saturated heterocycles. The van der Waals surface area contributed by atoms with E-state index in [0.29, 0.717) is 55.4 Å². The van der Waals surface area contributed by atoms with Crippen molar-refractivity contribution in [3.05, 3.63) is 72.2 Å². The van der Waals surface area contributed by atoms with Crippen molar-refractivity contribution in [2.24, 2.45) is 11.8 Å². The van der Waals surface area contributed by atoms with Gasteiger partial charge in [-0.25, -0.2) is 13.2 Å². The van der Waals surface area contributed by atoms with Crippen molar-refractivity contribution in [2.75, 3.05) is 46.2 Å². The predicted molar refractivity (Wildman–Crippen MR) is 184 cm³/mol. The lowest BCUT2D eigenvalue weighted by Gasteiger charge is -2.31. The van der Waals surface area contributed by atoms with Crippen LogP contribution in [-0.4, -0.2) is 101 Å². The van der Waals surface area contributed by atoms with E-state index in [1.807, 2.05) is 26.0 Å². The number of alkyl carbamates (subject to hydrolysis) is 1. The molecule has 3 aliphatic heterocycles. The highest BCUT2D eigenvalue weighted by Gasteiger charge is 2.44. The van der Waals surface area contributed by atoms with Crippen LogP contribution in [-0.2, 0) is 30.7 Å². The minimum atomic E-state index is -4.09. The highest BCUT2D eigenvalue weighted by Crippen LogP contribution is 2.35. The van der Waals surface area contributed by atoms with Gasteiger partial charge in [0.2, 0.25) is 16.8 Å². The molecule has 5 unspecified atom stereocenters. The van der Waals surface area contributed by atoms with Crippen LogP contribution in [0.15, 0.2) is 70.4 Å². The number of aliphatic hydroxyl groups is 1. The number of fused-ring (bicyclic) bond motifs is 2. The topological polar surface area (TPSA) is 184 Å². The average molecular weight is 744 g/mol. The lowest BCUT2D eigenvalue weighted by Crippen LogP contribution is -2.51. The lowest BCUT2D eigenvalue weighted by molar-refractivity contribution is -0.0907. The minimum Gasteiger partial charge on any atom is -0.494 e. The zero-order valence-corrected chi connectivity index (χ0v) is 29.9. The van der Waals surface area contributed by atoms with E-state index < -0.39 is 40.7 Å². The molecule has 0 bridgehead atoms. The number of furan rings is 1. The second-order valence-corrected chi connectivity index (χ2v) is 15.3. The second kappa shape index (κ2) is 17.0. The van der Waals surface area contributed by atoms with Crippen molar-refractivity contribution < 1.29 is 56.0 Å². The number of nitrogens with one attached hydrogen (secondary N) is 2. The molecule has 5 atom stereocenters. The molecule has 52 heavy (non-hydrogen) atoms. The van der Waals surface area contributed by atoms with E-state index >= 15 is 0 Å². The summed E-state index contributed by atoms with van der Waals surface area (Å²) in [5.74, 6) is 0.995. The Morgan fingerprint density at radius 2 is 1.85 bits per heavy atom. The summed E-state index contributed by atoms with van der Waals surface area (Å²) in [7, 11) is -4.09. The molecule has 0 radical (unpaired) electrons. The van der Waals surface area contributed by atoms with Crippen LogP contribution in [0.1, 0.15) is 42.6 Å². The smallest absolute Gasteiger partial charge is 0.407 e. The monoisotopic (exact) mass is 743 g/mol. The van der Waals surface area contributed by atoms with E-state index in [9.17, 15) is 23.1 Å². The highest BCUT2D eigenvalue weighted by molar-refractivity contribution is 7.89. The third kappa shape index (κ3) is 9.35. The molecule has 2 fully saturated rings. The molecule has 3 aromatic rings. The molecule has 282 valence electrons. The number of ether oxygens (including phenoxy) is 6. The number of rotatable bonds is 17. The zero-order chi connectivity index (χ0) is 36.7. The molecule has 0 saturated carbocycles. The summed E-state index contributed by atoms with van der Waals surface area (Å²) in [6.07, 6.45) is 1.25. The number of carbonyl (C=O) groups is 2. The number of carbonyl (C=O) groups excluding carboxylic acids is 2. The van der Waals surface area contributed by atoms with Crippen molar-refractivity contribution in [3.8, 4) is 17.2 Å². The second-order valence-electron chi connectivity index (χ2n) is 13.3. The van der Waals surface area contributed by atoms with E-state index in [0.717, 1.165) is 5.56 Å². The molecule has 0 spiro atoms. The fraction of sp³-hybridized carbons (Fsp3) is 0.500. The van der Waals surface area contributed by atoms with Crippen molar-refractivity contribution in [3.63, 3.8) is 0 Å². The van der Waals surface area contributed by atoms with E-state index in [-0.39, 0.29) is 55.5 Å². The highest BCUT2D eigenvalue weighted by atomic mass is 32.2. The van der Waals surface area contributed by atoms with Gasteiger partial charge in [0, 0.05) is 25.7 Å². The van der Waals surface area contributed by atoms with Gasteiger partial charge in [0.05, 0.1) is 54.6 Å². The van der Waals surface area contributed by atoms with Crippen LogP contribution in [0.4, 0.5) is 4.79 Å². The van der Waals surface area contributed by atoms with Gasteiger partial charge in [0.25, 0.3) is 5.91 Å². The summed E-state index contributed by atoms with van der Waals surface area (Å²) in [4.78, 5) is 25.3. The van der Waals surface area contributed by atoms with E-state index in [1.165, 1.54) is 29.0 Å².